The van der Waals surface area contributed by atoms with Gasteiger partial charge in [0.05, 0.1) is 12.2 Å². The molecule has 2 aromatic carbocycles. The molecule has 2 heterocycles. The van der Waals surface area contributed by atoms with Crippen molar-refractivity contribution in [2.45, 2.75) is 55.4 Å². The largest absolute Gasteiger partial charge is 0.468 e. The van der Waals surface area contributed by atoms with E-state index in [1.54, 1.807) is 31.2 Å². The summed E-state index contributed by atoms with van der Waals surface area (Å²) in [7, 11) is 0. The third-order valence-corrected chi connectivity index (χ3v) is 5.39. The SMILES string of the molecule is C.C.C.CCOC(=O)c1ccc(-c2nc(C(F)(F)F)oc2C)cc1.Cc1oc(C(F)(F)F)nc1-c1ccc(Br)cc1. The summed E-state index contributed by atoms with van der Waals surface area (Å²) in [6.45, 7) is 4.79. The highest BCUT2D eigenvalue weighted by atomic mass is 79.9. The Bertz CT molecular complexity index is 1390. The first-order valence-corrected chi connectivity index (χ1v) is 11.6. The minimum absolute atomic E-state index is 0. The van der Waals surface area contributed by atoms with Crippen LogP contribution in [0.4, 0.5) is 26.3 Å². The zero-order valence-electron chi connectivity index (χ0n) is 20.0. The molecule has 0 amide bonds. The molecule has 0 fully saturated rings. The van der Waals surface area contributed by atoms with Crippen LogP contribution in [0.15, 0.2) is 61.8 Å². The Kier molecular flexibility index (Phi) is 13.5. The van der Waals surface area contributed by atoms with E-state index in [2.05, 4.69) is 34.7 Å². The normalized spacial score (nSPS) is 10.8. The smallest absolute Gasteiger partial charge is 0.462 e. The molecule has 13 heteroatoms. The first-order valence-electron chi connectivity index (χ1n) is 10.8. The van der Waals surface area contributed by atoms with Gasteiger partial charge in [0, 0.05) is 15.6 Å². The number of oxazole rings is 2. The zero-order valence-corrected chi connectivity index (χ0v) is 21.6. The Labute approximate surface area is 242 Å². The van der Waals surface area contributed by atoms with Crippen LogP contribution in [0.2, 0.25) is 0 Å². The molecule has 2 aromatic heterocycles. The molecule has 41 heavy (non-hydrogen) atoms. The summed E-state index contributed by atoms with van der Waals surface area (Å²) in [6.07, 6.45) is -9.19. The Balaban J connectivity index is 0.000000740. The number of alkyl halides is 6. The Morgan fingerprint density at radius 3 is 1.44 bits per heavy atom. The molecule has 0 unspecified atom stereocenters. The van der Waals surface area contributed by atoms with E-state index in [1.165, 1.54) is 38.1 Å². The highest BCUT2D eigenvalue weighted by Gasteiger charge is 2.39. The van der Waals surface area contributed by atoms with E-state index in [4.69, 9.17) is 4.74 Å². The van der Waals surface area contributed by atoms with Crippen molar-refractivity contribution >= 4 is 21.9 Å². The van der Waals surface area contributed by atoms with Gasteiger partial charge >= 0.3 is 30.1 Å². The number of aromatic nitrogens is 2. The lowest BCUT2D eigenvalue weighted by Gasteiger charge is -2.02. The highest BCUT2D eigenvalue weighted by Crippen LogP contribution is 2.34. The van der Waals surface area contributed by atoms with Crippen LogP contribution in [-0.2, 0) is 17.1 Å². The number of carbonyl (C=O) groups is 1. The third kappa shape index (κ3) is 9.48. The number of nitrogens with zero attached hydrogens (tertiary/aromatic N) is 2. The fraction of sp³-hybridized carbons (Fsp3) is 0.321. The predicted molar refractivity (Wildman–Crippen MR) is 147 cm³/mol. The lowest BCUT2D eigenvalue weighted by molar-refractivity contribution is -0.158. The molecule has 4 aromatic rings. The van der Waals surface area contributed by atoms with Gasteiger partial charge in [-0.2, -0.15) is 26.3 Å². The van der Waals surface area contributed by atoms with E-state index in [-0.39, 0.29) is 51.8 Å². The number of hydrogen-bond donors (Lipinski definition) is 0. The molecule has 0 N–H and O–H groups in total. The van der Waals surface area contributed by atoms with E-state index < -0.39 is 30.1 Å². The van der Waals surface area contributed by atoms with Gasteiger partial charge in [-0.25, -0.2) is 14.8 Å². The number of aryl methyl sites for hydroxylation is 2. The number of benzene rings is 2. The first kappa shape index (κ1) is 37.4. The maximum Gasteiger partial charge on any atom is 0.468 e. The molecule has 0 aliphatic carbocycles. The second-order valence-corrected chi connectivity index (χ2v) is 8.56. The predicted octanol–water partition coefficient (Wildman–Crippen LogP) is 10.2. The fourth-order valence-electron chi connectivity index (χ4n) is 3.16. The van der Waals surface area contributed by atoms with Crippen molar-refractivity contribution in [3.63, 3.8) is 0 Å². The van der Waals surface area contributed by atoms with Gasteiger partial charge in [0.1, 0.15) is 22.9 Å². The topological polar surface area (TPSA) is 78.4 Å². The van der Waals surface area contributed by atoms with Gasteiger partial charge in [-0.05, 0) is 45.0 Å². The number of rotatable bonds is 4. The molecule has 0 saturated heterocycles. The molecule has 0 atom stereocenters. The second kappa shape index (κ2) is 14.9. The standard InChI is InChI=1S/C14H12F3NO3.C11H7BrF3NO.3CH4/c1-3-20-12(19)10-6-4-9(5-7-10)11-8(2)21-13(18-11)14(15,16)17;1-6-9(7-2-4-8(12)5-3-7)16-10(17-6)11(13,14)15;;;/h4-7H,3H2,1-2H3;2-5H,1H3;3*1H4. The fourth-order valence-corrected chi connectivity index (χ4v) is 3.42. The van der Waals surface area contributed by atoms with Crippen molar-refractivity contribution in [1.82, 2.24) is 9.97 Å². The summed E-state index contributed by atoms with van der Waals surface area (Å²) in [4.78, 5) is 18.4. The number of carbonyl (C=O) groups excluding carboxylic acids is 1. The van der Waals surface area contributed by atoms with Crippen LogP contribution < -0.4 is 0 Å². The molecule has 6 nitrogen and oxygen atoms in total. The Hall–Kier alpha value is -3.61. The average Bonchev–Trinajstić information content (AvgIpc) is 3.43. The van der Waals surface area contributed by atoms with Crippen LogP contribution in [0.3, 0.4) is 0 Å². The van der Waals surface area contributed by atoms with Crippen LogP contribution in [0.1, 0.15) is 62.9 Å². The van der Waals surface area contributed by atoms with Crippen LogP contribution in [0, 0.1) is 13.8 Å². The van der Waals surface area contributed by atoms with E-state index in [0.29, 0.717) is 16.7 Å². The number of esters is 1. The van der Waals surface area contributed by atoms with Gasteiger partial charge in [-0.3, -0.25) is 0 Å². The van der Waals surface area contributed by atoms with Crippen molar-refractivity contribution in [2.24, 2.45) is 0 Å². The number of ether oxygens (including phenoxy) is 1. The average molecular weight is 653 g/mol. The summed E-state index contributed by atoms with van der Waals surface area (Å²) >= 11 is 3.25. The zero-order chi connectivity index (χ0) is 28.3. The lowest BCUT2D eigenvalue weighted by atomic mass is 10.1. The highest BCUT2D eigenvalue weighted by molar-refractivity contribution is 9.10. The van der Waals surface area contributed by atoms with Gasteiger partial charge in [0.2, 0.25) is 0 Å². The summed E-state index contributed by atoms with van der Waals surface area (Å²) < 4.78 is 89.7. The molecular weight excluding hydrogens is 622 g/mol. The van der Waals surface area contributed by atoms with Crippen molar-refractivity contribution in [2.75, 3.05) is 6.61 Å². The molecule has 0 bridgehead atoms. The van der Waals surface area contributed by atoms with Gasteiger partial charge in [-0.1, -0.05) is 62.5 Å². The summed E-state index contributed by atoms with van der Waals surface area (Å²) in [5, 5.41) is 0. The monoisotopic (exact) mass is 652 g/mol. The van der Waals surface area contributed by atoms with E-state index in [0.717, 1.165) is 4.47 Å². The van der Waals surface area contributed by atoms with Crippen LogP contribution >= 0.6 is 15.9 Å². The van der Waals surface area contributed by atoms with Crippen LogP contribution in [0.25, 0.3) is 22.5 Å². The van der Waals surface area contributed by atoms with E-state index >= 15 is 0 Å². The van der Waals surface area contributed by atoms with Gasteiger partial charge in [-0.15, -0.1) is 0 Å². The van der Waals surface area contributed by atoms with Crippen LogP contribution in [0.5, 0.6) is 0 Å². The quantitative estimate of drug-likeness (QED) is 0.161. The molecular formula is C28H31BrF6N2O4. The molecule has 4 rings (SSSR count). The molecule has 0 spiro atoms. The molecule has 0 aliphatic rings. The van der Waals surface area contributed by atoms with E-state index in [9.17, 15) is 31.1 Å². The van der Waals surface area contributed by atoms with Gasteiger partial charge < -0.3 is 13.6 Å². The van der Waals surface area contributed by atoms with Crippen molar-refractivity contribution in [1.29, 1.82) is 0 Å². The van der Waals surface area contributed by atoms with Crippen LogP contribution in [-0.4, -0.2) is 22.5 Å². The Morgan fingerprint density at radius 2 is 1.12 bits per heavy atom. The summed E-state index contributed by atoms with van der Waals surface area (Å²) in [6, 6.07) is 12.7. The summed E-state index contributed by atoms with van der Waals surface area (Å²) in [5.41, 5.74) is 1.64. The maximum atomic E-state index is 12.5. The summed E-state index contributed by atoms with van der Waals surface area (Å²) in [5.74, 6) is -2.78. The van der Waals surface area contributed by atoms with E-state index in [1.807, 2.05) is 0 Å². The van der Waals surface area contributed by atoms with Gasteiger partial charge in [0.15, 0.2) is 0 Å². The minimum atomic E-state index is -4.63. The maximum absolute atomic E-state index is 12.5. The number of hydrogen-bond acceptors (Lipinski definition) is 6. The molecule has 0 radical (unpaired) electrons. The second-order valence-electron chi connectivity index (χ2n) is 7.65. The van der Waals surface area contributed by atoms with Gasteiger partial charge in [0.25, 0.3) is 0 Å². The Morgan fingerprint density at radius 1 is 0.756 bits per heavy atom. The molecule has 0 saturated carbocycles. The molecule has 0 aliphatic heterocycles. The minimum Gasteiger partial charge on any atom is -0.462 e. The van der Waals surface area contributed by atoms with Crippen molar-refractivity contribution in [3.05, 3.63) is 81.9 Å². The number of halogens is 7. The van der Waals surface area contributed by atoms with Crippen molar-refractivity contribution in [3.8, 4) is 22.5 Å². The third-order valence-electron chi connectivity index (χ3n) is 4.87. The molecule has 226 valence electrons. The lowest BCUT2D eigenvalue weighted by Crippen LogP contribution is -2.05. The van der Waals surface area contributed by atoms with Crippen molar-refractivity contribution < 1.29 is 44.7 Å². The first-order chi connectivity index (χ1) is 17.7.